The fourth-order valence-corrected chi connectivity index (χ4v) is 2.10. The van der Waals surface area contributed by atoms with E-state index in [2.05, 4.69) is 4.98 Å². The number of carbonyl (C=O) groups excluding carboxylic acids is 1. The van der Waals surface area contributed by atoms with Crippen LogP contribution < -0.4 is 0 Å². The number of allylic oxidation sites excluding steroid dienone is 1. The number of hydrogen-bond acceptors (Lipinski definition) is 3. The average Bonchev–Trinajstić information content (AvgIpc) is 2.38. The second-order valence-electron chi connectivity index (χ2n) is 5.65. The highest BCUT2D eigenvalue weighted by Gasteiger charge is 2.29. The van der Waals surface area contributed by atoms with E-state index < -0.39 is 5.60 Å². The molecule has 0 radical (unpaired) electrons. The summed E-state index contributed by atoms with van der Waals surface area (Å²) in [6, 6.07) is 3.92. The molecule has 2 rings (SSSR count). The first kappa shape index (κ1) is 13.6. The molecule has 1 amide bonds. The van der Waals surface area contributed by atoms with E-state index in [-0.39, 0.29) is 12.1 Å². The zero-order valence-electron chi connectivity index (χ0n) is 11.7. The first-order valence-electron chi connectivity index (χ1n) is 6.55. The first-order chi connectivity index (χ1) is 8.97. The third-order valence-electron chi connectivity index (χ3n) is 2.90. The quantitative estimate of drug-likeness (QED) is 0.773. The summed E-state index contributed by atoms with van der Waals surface area (Å²) in [5, 5.41) is 0. The Kier molecular flexibility index (Phi) is 3.88. The Morgan fingerprint density at radius 3 is 2.68 bits per heavy atom. The van der Waals surface area contributed by atoms with E-state index in [0.29, 0.717) is 0 Å². The highest BCUT2D eigenvalue weighted by molar-refractivity contribution is 5.70. The minimum absolute atomic E-state index is 0.0304. The fraction of sp³-hybridized carbons (Fsp3) is 0.467. The topological polar surface area (TPSA) is 42.4 Å². The fourth-order valence-electron chi connectivity index (χ4n) is 2.10. The summed E-state index contributed by atoms with van der Waals surface area (Å²) in [5.41, 5.74) is 0.607. The summed E-state index contributed by atoms with van der Waals surface area (Å²) in [6.07, 6.45) is 8.89. The van der Waals surface area contributed by atoms with E-state index in [4.69, 9.17) is 4.74 Å². The number of aromatic nitrogens is 1. The lowest BCUT2D eigenvalue weighted by Crippen LogP contribution is -2.37. The molecule has 1 aromatic heterocycles. The van der Waals surface area contributed by atoms with Crippen molar-refractivity contribution in [3.05, 3.63) is 42.4 Å². The highest BCUT2D eigenvalue weighted by atomic mass is 16.6. The third-order valence-corrected chi connectivity index (χ3v) is 2.90. The van der Waals surface area contributed by atoms with Crippen LogP contribution in [0.25, 0.3) is 0 Å². The van der Waals surface area contributed by atoms with Gasteiger partial charge in [0.15, 0.2) is 0 Å². The molecule has 0 aliphatic carbocycles. The number of rotatable bonds is 1. The van der Waals surface area contributed by atoms with Crippen LogP contribution in [-0.4, -0.2) is 21.6 Å². The number of hydrogen-bond donors (Lipinski definition) is 0. The van der Waals surface area contributed by atoms with Crippen molar-refractivity contribution < 1.29 is 9.53 Å². The minimum Gasteiger partial charge on any atom is -0.443 e. The Labute approximate surface area is 114 Å². The molecule has 0 saturated heterocycles. The maximum absolute atomic E-state index is 12.2. The molecule has 0 fully saturated rings. The second kappa shape index (κ2) is 5.43. The zero-order chi connectivity index (χ0) is 13.9. The first-order valence-corrected chi connectivity index (χ1v) is 6.55. The van der Waals surface area contributed by atoms with Gasteiger partial charge in [0.05, 0.1) is 6.04 Å². The lowest BCUT2D eigenvalue weighted by molar-refractivity contribution is 0.0248. The largest absolute Gasteiger partial charge is 0.443 e. The Balaban J connectivity index is 2.19. The van der Waals surface area contributed by atoms with Crippen LogP contribution in [0, 0.1) is 0 Å². The van der Waals surface area contributed by atoms with E-state index >= 15 is 0 Å². The van der Waals surface area contributed by atoms with E-state index in [1.807, 2.05) is 45.2 Å². The van der Waals surface area contributed by atoms with Crippen LogP contribution in [0.2, 0.25) is 0 Å². The smallest absolute Gasteiger partial charge is 0.414 e. The number of nitrogens with zero attached hydrogens (tertiary/aromatic N) is 2. The van der Waals surface area contributed by atoms with Gasteiger partial charge in [0.2, 0.25) is 0 Å². The molecule has 0 spiro atoms. The van der Waals surface area contributed by atoms with Gasteiger partial charge in [0, 0.05) is 18.6 Å². The molecule has 0 saturated carbocycles. The maximum Gasteiger partial charge on any atom is 0.414 e. The molecular weight excluding hydrogens is 240 g/mol. The van der Waals surface area contributed by atoms with Gasteiger partial charge in [0.1, 0.15) is 5.60 Å². The number of ether oxygens (including phenoxy) is 1. The lowest BCUT2D eigenvalue weighted by atomic mass is 9.99. The van der Waals surface area contributed by atoms with Crippen molar-refractivity contribution in [2.24, 2.45) is 0 Å². The number of amides is 1. The SMILES string of the molecule is CC(C)(C)OC(=O)N1C=CCCC1c1ccncc1. The molecule has 1 unspecified atom stereocenters. The Bertz CT molecular complexity index is 463. The van der Waals surface area contributed by atoms with Crippen molar-refractivity contribution in [3.8, 4) is 0 Å². The molecule has 102 valence electrons. The Hall–Kier alpha value is -1.84. The predicted octanol–water partition coefficient (Wildman–Crippen LogP) is 3.67. The van der Waals surface area contributed by atoms with Crippen LogP contribution in [0.5, 0.6) is 0 Å². The zero-order valence-corrected chi connectivity index (χ0v) is 11.7. The third kappa shape index (κ3) is 3.56. The van der Waals surface area contributed by atoms with Crippen molar-refractivity contribution in [1.82, 2.24) is 9.88 Å². The average molecular weight is 260 g/mol. The van der Waals surface area contributed by atoms with E-state index in [0.717, 1.165) is 18.4 Å². The van der Waals surface area contributed by atoms with Crippen molar-refractivity contribution in [2.75, 3.05) is 0 Å². The van der Waals surface area contributed by atoms with Crippen LogP contribution in [0.4, 0.5) is 4.79 Å². The van der Waals surface area contributed by atoms with Crippen molar-refractivity contribution in [2.45, 2.75) is 45.3 Å². The van der Waals surface area contributed by atoms with Crippen LogP contribution in [-0.2, 0) is 4.74 Å². The van der Waals surface area contributed by atoms with Crippen LogP contribution in [0.15, 0.2) is 36.8 Å². The second-order valence-corrected chi connectivity index (χ2v) is 5.65. The van der Waals surface area contributed by atoms with Gasteiger partial charge in [-0.25, -0.2) is 4.79 Å². The molecule has 0 N–H and O–H groups in total. The van der Waals surface area contributed by atoms with Crippen molar-refractivity contribution in [3.63, 3.8) is 0 Å². The van der Waals surface area contributed by atoms with Gasteiger partial charge >= 0.3 is 6.09 Å². The van der Waals surface area contributed by atoms with Crippen molar-refractivity contribution in [1.29, 1.82) is 0 Å². The van der Waals surface area contributed by atoms with Gasteiger partial charge in [0.25, 0.3) is 0 Å². The van der Waals surface area contributed by atoms with Crippen LogP contribution >= 0.6 is 0 Å². The van der Waals surface area contributed by atoms with E-state index in [1.54, 1.807) is 17.3 Å². The number of carbonyl (C=O) groups is 1. The van der Waals surface area contributed by atoms with Gasteiger partial charge in [-0.15, -0.1) is 0 Å². The molecule has 1 aliphatic heterocycles. The molecular formula is C15H20N2O2. The molecule has 2 heterocycles. The summed E-state index contributed by atoms with van der Waals surface area (Å²) >= 11 is 0. The van der Waals surface area contributed by atoms with Gasteiger partial charge in [-0.05, 0) is 51.3 Å². The molecule has 4 nitrogen and oxygen atoms in total. The standard InChI is InChI=1S/C15H20N2O2/c1-15(2,3)19-14(18)17-11-5-4-6-13(17)12-7-9-16-10-8-12/h5,7-11,13H,4,6H2,1-3H3. The minimum atomic E-state index is -0.481. The van der Waals surface area contributed by atoms with E-state index in [9.17, 15) is 4.79 Å². The highest BCUT2D eigenvalue weighted by Crippen LogP contribution is 2.30. The molecule has 0 bridgehead atoms. The van der Waals surface area contributed by atoms with Gasteiger partial charge in [-0.3, -0.25) is 9.88 Å². The maximum atomic E-state index is 12.2. The summed E-state index contributed by atoms with van der Waals surface area (Å²) in [5.74, 6) is 0. The lowest BCUT2D eigenvalue weighted by Gasteiger charge is -2.33. The molecule has 4 heteroatoms. The summed E-state index contributed by atoms with van der Waals surface area (Å²) < 4.78 is 5.45. The number of pyridine rings is 1. The van der Waals surface area contributed by atoms with Gasteiger partial charge < -0.3 is 4.74 Å². The summed E-state index contributed by atoms with van der Waals surface area (Å²) in [4.78, 5) is 17.9. The van der Waals surface area contributed by atoms with Crippen LogP contribution in [0.3, 0.4) is 0 Å². The summed E-state index contributed by atoms with van der Waals surface area (Å²) in [7, 11) is 0. The van der Waals surface area contributed by atoms with Crippen molar-refractivity contribution >= 4 is 6.09 Å². The monoisotopic (exact) mass is 260 g/mol. The molecule has 1 atom stereocenters. The van der Waals surface area contributed by atoms with Crippen LogP contribution in [0.1, 0.15) is 45.2 Å². The van der Waals surface area contributed by atoms with Gasteiger partial charge in [-0.1, -0.05) is 6.08 Å². The molecule has 19 heavy (non-hydrogen) atoms. The molecule has 1 aliphatic rings. The molecule has 1 aromatic rings. The molecule has 0 aromatic carbocycles. The normalized spacial score (nSPS) is 19.3. The van der Waals surface area contributed by atoms with Gasteiger partial charge in [-0.2, -0.15) is 0 Å². The Morgan fingerprint density at radius 1 is 1.37 bits per heavy atom. The Morgan fingerprint density at radius 2 is 2.05 bits per heavy atom. The predicted molar refractivity (Wildman–Crippen MR) is 73.4 cm³/mol. The van der Waals surface area contributed by atoms with E-state index in [1.165, 1.54) is 0 Å². The summed E-state index contributed by atoms with van der Waals surface area (Å²) in [6.45, 7) is 5.63.